The van der Waals surface area contributed by atoms with Crippen molar-refractivity contribution < 1.29 is 4.79 Å². The quantitative estimate of drug-likeness (QED) is 0.877. The first-order valence-electron chi connectivity index (χ1n) is 6.27. The summed E-state index contributed by atoms with van der Waals surface area (Å²) in [5, 5.41) is 0. The summed E-state index contributed by atoms with van der Waals surface area (Å²) in [6, 6.07) is 1.62. The molecule has 0 fully saturated rings. The van der Waals surface area contributed by atoms with Crippen LogP contribution in [0, 0.1) is 11.7 Å². The number of likely N-dealkylation sites (N-methyl/N-ethyl adjacent to an activating group) is 1. The topological polar surface area (TPSA) is 53.9 Å². The maximum Gasteiger partial charge on any atom is 0.245 e. The Labute approximate surface area is 117 Å². The van der Waals surface area contributed by atoms with Crippen molar-refractivity contribution in [2.75, 3.05) is 13.6 Å². The van der Waals surface area contributed by atoms with Crippen LogP contribution in [0.15, 0.2) is 12.3 Å². The number of hydrogen-bond acceptors (Lipinski definition) is 3. The molecule has 0 saturated heterocycles. The van der Waals surface area contributed by atoms with Crippen molar-refractivity contribution >= 4 is 29.3 Å². The molecule has 1 N–H and O–H groups in total. The summed E-state index contributed by atoms with van der Waals surface area (Å²) < 4.78 is 2.30. The van der Waals surface area contributed by atoms with Crippen molar-refractivity contribution in [2.45, 2.75) is 26.8 Å². The third-order valence-corrected chi connectivity index (χ3v) is 3.59. The molecule has 2 aromatic heterocycles. The van der Waals surface area contributed by atoms with Crippen LogP contribution in [0.4, 0.5) is 0 Å². The Bertz CT molecular complexity index is 673. The van der Waals surface area contributed by atoms with Crippen LogP contribution in [0.2, 0.25) is 0 Å². The predicted molar refractivity (Wildman–Crippen MR) is 77.7 cm³/mol. The van der Waals surface area contributed by atoms with Crippen LogP contribution in [0.5, 0.6) is 0 Å². The average Bonchev–Trinajstić information content (AvgIpc) is 2.71. The monoisotopic (exact) mass is 278 g/mol. The highest BCUT2D eigenvalue weighted by Gasteiger charge is 2.21. The molecule has 1 atom stereocenters. The standard InChI is InChI=1S/C13H18N4OS/c1-5-16(4)12(18)9(3)17-11-10(15-13(17)19)6-8(2)7-14-11/h6-7,9H,5H2,1-4H3,(H,15,19). The largest absolute Gasteiger partial charge is 0.344 e. The van der Waals surface area contributed by atoms with Crippen LogP contribution in [-0.2, 0) is 4.79 Å². The number of imidazole rings is 1. The van der Waals surface area contributed by atoms with E-state index >= 15 is 0 Å². The number of carbonyl (C=O) groups is 1. The molecule has 0 bridgehead atoms. The van der Waals surface area contributed by atoms with Gasteiger partial charge in [-0.3, -0.25) is 9.36 Å². The van der Waals surface area contributed by atoms with E-state index in [1.807, 2.05) is 26.8 Å². The van der Waals surface area contributed by atoms with Gasteiger partial charge in [-0.15, -0.1) is 0 Å². The number of aryl methyl sites for hydroxylation is 1. The van der Waals surface area contributed by atoms with E-state index in [4.69, 9.17) is 12.2 Å². The molecule has 102 valence electrons. The zero-order chi connectivity index (χ0) is 14.2. The highest BCUT2D eigenvalue weighted by molar-refractivity contribution is 7.71. The van der Waals surface area contributed by atoms with E-state index in [0.717, 1.165) is 16.7 Å². The highest BCUT2D eigenvalue weighted by atomic mass is 32.1. The molecule has 0 spiro atoms. The van der Waals surface area contributed by atoms with Gasteiger partial charge in [0.2, 0.25) is 5.91 Å². The second-order valence-corrected chi connectivity index (χ2v) is 5.10. The van der Waals surface area contributed by atoms with Gasteiger partial charge in [-0.05, 0) is 44.6 Å². The first kappa shape index (κ1) is 13.7. The smallest absolute Gasteiger partial charge is 0.245 e. The summed E-state index contributed by atoms with van der Waals surface area (Å²) in [4.78, 5) is 21.4. The first-order valence-corrected chi connectivity index (χ1v) is 6.68. The Morgan fingerprint density at radius 1 is 1.63 bits per heavy atom. The minimum Gasteiger partial charge on any atom is -0.344 e. The Morgan fingerprint density at radius 2 is 2.32 bits per heavy atom. The molecule has 0 saturated carbocycles. The van der Waals surface area contributed by atoms with E-state index in [9.17, 15) is 4.79 Å². The lowest BCUT2D eigenvalue weighted by atomic mass is 10.2. The van der Waals surface area contributed by atoms with Crippen LogP contribution < -0.4 is 0 Å². The number of amides is 1. The first-order chi connectivity index (χ1) is 8.95. The van der Waals surface area contributed by atoms with Crippen molar-refractivity contribution in [2.24, 2.45) is 0 Å². The van der Waals surface area contributed by atoms with E-state index in [1.165, 1.54) is 0 Å². The van der Waals surface area contributed by atoms with Crippen LogP contribution >= 0.6 is 12.2 Å². The lowest BCUT2D eigenvalue weighted by molar-refractivity contribution is -0.132. The minimum absolute atomic E-state index is 0.0295. The number of fused-ring (bicyclic) bond motifs is 1. The SMILES string of the molecule is CCN(C)C(=O)C(C)n1c(=S)[nH]c2cc(C)cnc21. The molecule has 2 aromatic rings. The van der Waals surface area contributed by atoms with Crippen LogP contribution in [0.1, 0.15) is 25.5 Å². The Kier molecular flexibility index (Phi) is 3.71. The highest BCUT2D eigenvalue weighted by Crippen LogP contribution is 2.19. The normalized spacial score (nSPS) is 12.6. The molecule has 0 aromatic carbocycles. The summed E-state index contributed by atoms with van der Waals surface area (Å²) in [6.45, 7) is 6.44. The van der Waals surface area contributed by atoms with Crippen molar-refractivity contribution in [3.8, 4) is 0 Å². The number of pyridine rings is 1. The fourth-order valence-electron chi connectivity index (χ4n) is 2.06. The van der Waals surface area contributed by atoms with Crippen LogP contribution in [0.3, 0.4) is 0 Å². The van der Waals surface area contributed by atoms with Gasteiger partial charge in [-0.1, -0.05) is 0 Å². The molecule has 0 aliphatic heterocycles. The number of aromatic amines is 1. The average molecular weight is 278 g/mol. The van der Waals surface area contributed by atoms with Crippen molar-refractivity contribution in [1.82, 2.24) is 19.4 Å². The summed E-state index contributed by atoms with van der Waals surface area (Å²) in [5.41, 5.74) is 2.64. The molecule has 0 aliphatic rings. The number of carbonyl (C=O) groups excluding carboxylic acids is 1. The summed E-state index contributed by atoms with van der Waals surface area (Å²) >= 11 is 5.31. The van der Waals surface area contributed by atoms with E-state index in [1.54, 1.807) is 22.7 Å². The van der Waals surface area contributed by atoms with Gasteiger partial charge in [-0.25, -0.2) is 4.98 Å². The van der Waals surface area contributed by atoms with Gasteiger partial charge in [0, 0.05) is 19.8 Å². The fourth-order valence-corrected chi connectivity index (χ4v) is 2.42. The van der Waals surface area contributed by atoms with Gasteiger partial charge in [0.15, 0.2) is 10.4 Å². The molecule has 1 unspecified atom stereocenters. The van der Waals surface area contributed by atoms with E-state index in [2.05, 4.69) is 9.97 Å². The van der Waals surface area contributed by atoms with Gasteiger partial charge in [-0.2, -0.15) is 0 Å². The van der Waals surface area contributed by atoms with Crippen molar-refractivity contribution in [3.63, 3.8) is 0 Å². The van der Waals surface area contributed by atoms with E-state index in [-0.39, 0.29) is 11.9 Å². The molecule has 1 amide bonds. The second kappa shape index (κ2) is 5.13. The Balaban J connectivity index is 2.53. The zero-order valence-electron chi connectivity index (χ0n) is 11.6. The molecule has 0 radical (unpaired) electrons. The minimum atomic E-state index is -0.360. The molecular formula is C13H18N4OS. The maximum atomic E-state index is 12.3. The zero-order valence-corrected chi connectivity index (χ0v) is 12.4. The van der Waals surface area contributed by atoms with Crippen molar-refractivity contribution in [1.29, 1.82) is 0 Å². The van der Waals surface area contributed by atoms with Gasteiger partial charge >= 0.3 is 0 Å². The van der Waals surface area contributed by atoms with Gasteiger partial charge in [0.1, 0.15) is 6.04 Å². The third-order valence-electron chi connectivity index (χ3n) is 3.29. The van der Waals surface area contributed by atoms with Gasteiger partial charge < -0.3 is 9.88 Å². The lowest BCUT2D eigenvalue weighted by Crippen LogP contribution is -2.33. The fraction of sp³-hybridized carbons (Fsp3) is 0.462. The van der Waals surface area contributed by atoms with Crippen LogP contribution in [0.25, 0.3) is 11.2 Å². The lowest BCUT2D eigenvalue weighted by Gasteiger charge is -2.20. The molecule has 6 heteroatoms. The van der Waals surface area contributed by atoms with Crippen LogP contribution in [-0.4, -0.2) is 38.9 Å². The maximum absolute atomic E-state index is 12.3. The van der Waals surface area contributed by atoms with Gasteiger partial charge in [0.05, 0.1) is 5.52 Å². The third kappa shape index (κ3) is 2.40. The number of rotatable bonds is 3. The predicted octanol–water partition coefficient (Wildman–Crippen LogP) is 2.44. The molecular weight excluding hydrogens is 260 g/mol. The Hall–Kier alpha value is -1.69. The van der Waals surface area contributed by atoms with Gasteiger partial charge in [0.25, 0.3) is 0 Å². The Morgan fingerprint density at radius 3 is 2.95 bits per heavy atom. The van der Waals surface area contributed by atoms with E-state index < -0.39 is 0 Å². The second-order valence-electron chi connectivity index (χ2n) is 4.71. The summed E-state index contributed by atoms with van der Waals surface area (Å²) in [7, 11) is 1.79. The van der Waals surface area contributed by atoms with Crippen molar-refractivity contribution in [3.05, 3.63) is 22.6 Å². The molecule has 2 heterocycles. The summed E-state index contributed by atoms with van der Waals surface area (Å²) in [5.74, 6) is 0.0295. The number of hydrogen-bond donors (Lipinski definition) is 1. The summed E-state index contributed by atoms with van der Waals surface area (Å²) in [6.07, 6.45) is 1.78. The number of nitrogens with zero attached hydrogens (tertiary/aromatic N) is 3. The molecule has 19 heavy (non-hydrogen) atoms. The molecule has 0 aliphatic carbocycles. The number of nitrogens with one attached hydrogen (secondary N) is 1. The number of H-pyrrole nitrogens is 1. The molecule has 2 rings (SSSR count). The number of aromatic nitrogens is 3. The van der Waals surface area contributed by atoms with E-state index in [0.29, 0.717) is 11.3 Å². The molecule has 5 nitrogen and oxygen atoms in total.